The molecule has 3 rings (SSSR count). The van der Waals surface area contributed by atoms with Gasteiger partial charge in [0.05, 0.1) is 10.4 Å². The van der Waals surface area contributed by atoms with Gasteiger partial charge in [0.1, 0.15) is 6.04 Å². The van der Waals surface area contributed by atoms with Gasteiger partial charge >= 0.3 is 5.76 Å². The number of nitrogens with one attached hydrogen (secondary N) is 2. The van der Waals surface area contributed by atoms with Gasteiger partial charge < -0.3 is 9.73 Å². The Balaban J connectivity index is 1.87. The molecule has 0 radical (unpaired) electrons. The summed E-state index contributed by atoms with van der Waals surface area (Å²) < 4.78 is 34.9. The number of aryl methyl sites for hydroxylation is 3. The number of oxazole rings is 1. The van der Waals surface area contributed by atoms with E-state index in [1.165, 1.54) is 41.6 Å². The predicted octanol–water partition coefficient (Wildman–Crippen LogP) is 2.79. The van der Waals surface area contributed by atoms with Crippen LogP contribution in [-0.2, 0) is 21.9 Å². The van der Waals surface area contributed by atoms with E-state index in [1.54, 1.807) is 0 Å². The third-order valence-electron chi connectivity index (χ3n) is 4.95. The maximum atomic E-state index is 13.0. The van der Waals surface area contributed by atoms with Crippen molar-refractivity contribution in [2.45, 2.75) is 31.2 Å². The van der Waals surface area contributed by atoms with E-state index in [4.69, 9.17) is 4.42 Å². The summed E-state index contributed by atoms with van der Waals surface area (Å²) in [6.07, 6.45) is 2.21. The van der Waals surface area contributed by atoms with E-state index in [9.17, 15) is 18.0 Å². The summed E-state index contributed by atoms with van der Waals surface area (Å²) in [5.74, 6) is -0.415. The lowest BCUT2D eigenvalue weighted by Gasteiger charge is -2.19. The number of sulfonamides is 1. The van der Waals surface area contributed by atoms with Crippen LogP contribution in [0.25, 0.3) is 11.1 Å². The molecule has 1 amide bonds. The molecule has 166 valence electrons. The van der Waals surface area contributed by atoms with Crippen LogP contribution in [0.15, 0.2) is 50.5 Å². The maximum absolute atomic E-state index is 13.0. The van der Waals surface area contributed by atoms with Crippen molar-refractivity contribution in [2.24, 2.45) is 7.05 Å². The Bertz CT molecular complexity index is 1280. The van der Waals surface area contributed by atoms with Gasteiger partial charge in [0, 0.05) is 18.8 Å². The van der Waals surface area contributed by atoms with Gasteiger partial charge in [0.25, 0.3) is 0 Å². The summed E-state index contributed by atoms with van der Waals surface area (Å²) in [5, 5.41) is 2.84. The van der Waals surface area contributed by atoms with E-state index < -0.39 is 27.7 Å². The third kappa shape index (κ3) is 5.20. The fraction of sp³-hybridized carbons (Fsp3) is 0.333. The van der Waals surface area contributed by atoms with Crippen LogP contribution < -0.4 is 15.8 Å². The van der Waals surface area contributed by atoms with Gasteiger partial charge in [-0.3, -0.25) is 9.36 Å². The number of hydrogen-bond acceptors (Lipinski definition) is 6. The van der Waals surface area contributed by atoms with Crippen LogP contribution in [0.2, 0.25) is 0 Å². The number of amides is 1. The molecule has 0 aliphatic heterocycles. The van der Waals surface area contributed by atoms with Crippen LogP contribution in [0.3, 0.4) is 0 Å². The molecule has 0 spiro atoms. The van der Waals surface area contributed by atoms with Gasteiger partial charge in [0.2, 0.25) is 15.9 Å². The van der Waals surface area contributed by atoms with E-state index in [-0.39, 0.29) is 10.5 Å². The zero-order chi connectivity index (χ0) is 22.8. The zero-order valence-corrected chi connectivity index (χ0v) is 19.4. The average Bonchev–Trinajstić information content (AvgIpc) is 3.01. The highest BCUT2D eigenvalue weighted by molar-refractivity contribution is 7.98. The average molecular weight is 464 g/mol. The maximum Gasteiger partial charge on any atom is 0.419 e. The molecule has 2 N–H and O–H groups in total. The highest BCUT2D eigenvalue weighted by atomic mass is 32.2. The van der Waals surface area contributed by atoms with Gasteiger partial charge in [-0.2, -0.15) is 16.5 Å². The number of thioether (sulfide) groups is 1. The van der Waals surface area contributed by atoms with Crippen molar-refractivity contribution in [1.29, 1.82) is 0 Å². The lowest BCUT2D eigenvalue weighted by Crippen LogP contribution is -2.44. The number of anilines is 1. The molecular weight excluding hydrogens is 438 g/mol. The minimum Gasteiger partial charge on any atom is -0.408 e. The molecule has 0 fully saturated rings. The van der Waals surface area contributed by atoms with Crippen LogP contribution in [0.4, 0.5) is 5.69 Å². The fourth-order valence-corrected chi connectivity index (χ4v) is 4.82. The zero-order valence-electron chi connectivity index (χ0n) is 17.8. The first-order chi connectivity index (χ1) is 14.6. The number of carbonyl (C=O) groups excluding carboxylic acids is 1. The molecule has 31 heavy (non-hydrogen) atoms. The summed E-state index contributed by atoms with van der Waals surface area (Å²) in [6, 6.07) is 8.89. The second-order valence-electron chi connectivity index (χ2n) is 7.32. The van der Waals surface area contributed by atoms with Crippen molar-refractivity contribution in [3.63, 3.8) is 0 Å². The number of carbonyl (C=O) groups is 1. The number of benzene rings is 2. The standard InChI is InChI=1S/C21H25N3O5S2/c1-13-5-6-14(2)17(11-13)22-20(25)16(9-10-30-4)23-31(27,28)15-7-8-18-19(12-15)29-21(26)24(18)3/h5-8,11-12,16,23H,9-10H2,1-4H3,(H,22,25). The molecule has 1 atom stereocenters. The molecule has 3 aromatic rings. The summed E-state index contributed by atoms with van der Waals surface area (Å²) >= 11 is 1.52. The first-order valence-electron chi connectivity index (χ1n) is 9.61. The topological polar surface area (TPSA) is 110 Å². The van der Waals surface area contributed by atoms with Crippen molar-refractivity contribution in [2.75, 3.05) is 17.3 Å². The van der Waals surface area contributed by atoms with Crippen molar-refractivity contribution >= 4 is 44.5 Å². The minimum absolute atomic E-state index is 0.0805. The van der Waals surface area contributed by atoms with Crippen molar-refractivity contribution in [3.8, 4) is 0 Å². The second kappa shape index (κ2) is 9.29. The van der Waals surface area contributed by atoms with E-state index >= 15 is 0 Å². The third-order valence-corrected chi connectivity index (χ3v) is 7.06. The molecule has 8 nitrogen and oxygen atoms in total. The highest BCUT2D eigenvalue weighted by Crippen LogP contribution is 2.20. The monoisotopic (exact) mass is 463 g/mol. The van der Waals surface area contributed by atoms with Crippen LogP contribution in [0, 0.1) is 13.8 Å². The Morgan fingerprint density at radius 2 is 1.94 bits per heavy atom. The fourth-order valence-electron chi connectivity index (χ4n) is 3.11. The van der Waals surface area contributed by atoms with Gasteiger partial charge in [-0.1, -0.05) is 12.1 Å². The van der Waals surface area contributed by atoms with Crippen molar-refractivity contribution < 1.29 is 17.6 Å². The molecule has 1 unspecified atom stereocenters. The Hall–Kier alpha value is -2.56. The smallest absolute Gasteiger partial charge is 0.408 e. The van der Waals surface area contributed by atoms with Gasteiger partial charge in [0.15, 0.2) is 5.58 Å². The molecule has 0 bridgehead atoms. The normalized spacial score (nSPS) is 12.8. The number of nitrogens with zero attached hydrogens (tertiary/aromatic N) is 1. The van der Waals surface area contributed by atoms with Crippen molar-refractivity contribution in [1.82, 2.24) is 9.29 Å². The summed E-state index contributed by atoms with van der Waals surface area (Å²) in [7, 11) is -2.49. The first-order valence-corrected chi connectivity index (χ1v) is 12.5. The minimum atomic E-state index is -4.03. The van der Waals surface area contributed by atoms with E-state index in [0.717, 1.165) is 11.1 Å². The lowest BCUT2D eigenvalue weighted by atomic mass is 10.1. The molecule has 0 saturated carbocycles. The predicted molar refractivity (Wildman–Crippen MR) is 123 cm³/mol. The number of fused-ring (bicyclic) bond motifs is 1. The lowest BCUT2D eigenvalue weighted by molar-refractivity contribution is -0.117. The van der Waals surface area contributed by atoms with Crippen LogP contribution in [0.1, 0.15) is 17.5 Å². The molecule has 2 aromatic carbocycles. The Morgan fingerprint density at radius 3 is 2.65 bits per heavy atom. The van der Waals surface area contributed by atoms with Crippen LogP contribution in [0.5, 0.6) is 0 Å². The van der Waals surface area contributed by atoms with Gasteiger partial charge in [-0.15, -0.1) is 0 Å². The number of aromatic nitrogens is 1. The Kier molecular flexibility index (Phi) is 6.93. The molecule has 1 aromatic heterocycles. The van der Waals surface area contributed by atoms with Gasteiger partial charge in [-0.05, 0) is 61.6 Å². The van der Waals surface area contributed by atoms with E-state index in [0.29, 0.717) is 23.4 Å². The summed E-state index contributed by atoms with van der Waals surface area (Å²) in [6.45, 7) is 3.79. The second-order valence-corrected chi connectivity index (χ2v) is 10.0. The molecular formula is C21H25N3O5S2. The van der Waals surface area contributed by atoms with Crippen LogP contribution >= 0.6 is 11.8 Å². The quantitative estimate of drug-likeness (QED) is 0.532. The SMILES string of the molecule is CSCCC(NS(=O)(=O)c1ccc2c(c1)oc(=O)n2C)C(=O)Nc1cc(C)ccc1C. The molecule has 10 heteroatoms. The molecule has 0 aliphatic rings. The largest absolute Gasteiger partial charge is 0.419 e. The summed E-state index contributed by atoms with van der Waals surface area (Å²) in [4.78, 5) is 24.5. The first kappa shape index (κ1) is 23.1. The number of hydrogen-bond donors (Lipinski definition) is 2. The summed E-state index contributed by atoms with van der Waals surface area (Å²) in [5.41, 5.74) is 3.16. The number of rotatable bonds is 8. The Labute approximate surface area is 185 Å². The van der Waals surface area contributed by atoms with E-state index in [1.807, 2.05) is 38.3 Å². The molecule has 1 heterocycles. The van der Waals surface area contributed by atoms with Crippen LogP contribution in [-0.4, -0.2) is 36.9 Å². The Morgan fingerprint density at radius 1 is 1.19 bits per heavy atom. The molecule has 0 saturated heterocycles. The highest BCUT2D eigenvalue weighted by Gasteiger charge is 2.26. The van der Waals surface area contributed by atoms with E-state index in [2.05, 4.69) is 10.0 Å². The molecule has 0 aliphatic carbocycles. The van der Waals surface area contributed by atoms with Crippen molar-refractivity contribution in [3.05, 3.63) is 58.1 Å². The van der Waals surface area contributed by atoms with Gasteiger partial charge in [-0.25, -0.2) is 13.2 Å².